The Morgan fingerprint density at radius 2 is 2.18 bits per heavy atom. The highest BCUT2D eigenvalue weighted by molar-refractivity contribution is 5.81. The Morgan fingerprint density at radius 3 is 2.76 bits per heavy atom. The van der Waals surface area contributed by atoms with Gasteiger partial charge in [-0.05, 0) is 12.8 Å². The van der Waals surface area contributed by atoms with E-state index >= 15 is 0 Å². The minimum atomic E-state index is -0.353. The number of nitrogens with zero attached hydrogens (tertiary/aromatic N) is 2. The number of hydrogen-bond acceptors (Lipinski definition) is 4. The van der Waals surface area contributed by atoms with Crippen molar-refractivity contribution in [2.45, 2.75) is 46.0 Å². The lowest BCUT2D eigenvalue weighted by Crippen LogP contribution is -2.35. The maximum Gasteiger partial charge on any atom is 0.228 e. The lowest BCUT2D eigenvalue weighted by atomic mass is 9.96. The summed E-state index contributed by atoms with van der Waals surface area (Å²) >= 11 is 0. The molecule has 0 bridgehead atoms. The molecular weight excluding hydrogens is 218 g/mol. The summed E-state index contributed by atoms with van der Waals surface area (Å²) in [6.45, 7) is 6.21. The molecule has 1 heterocycles. The Labute approximate surface area is 101 Å². The number of nitrogens with one attached hydrogen (secondary N) is 1. The predicted molar refractivity (Wildman–Crippen MR) is 62.4 cm³/mol. The van der Waals surface area contributed by atoms with E-state index in [1.165, 1.54) is 12.8 Å². The maximum absolute atomic E-state index is 11.6. The van der Waals surface area contributed by atoms with Crippen LogP contribution in [0.3, 0.4) is 0 Å². The van der Waals surface area contributed by atoms with E-state index in [9.17, 15) is 4.79 Å². The Kier molecular flexibility index (Phi) is 3.17. The van der Waals surface area contributed by atoms with E-state index in [0.717, 1.165) is 5.82 Å². The SMILES string of the molecule is CC(C)(C)C(=O)NCCc1nc(C2CC2)no1. The van der Waals surface area contributed by atoms with Gasteiger partial charge in [0.15, 0.2) is 5.82 Å². The molecule has 2 rings (SSSR count). The molecule has 0 saturated heterocycles. The van der Waals surface area contributed by atoms with Crippen molar-refractivity contribution in [1.82, 2.24) is 15.5 Å². The highest BCUT2D eigenvalue weighted by Crippen LogP contribution is 2.38. The van der Waals surface area contributed by atoms with E-state index in [2.05, 4.69) is 15.5 Å². The van der Waals surface area contributed by atoms with E-state index in [4.69, 9.17) is 4.52 Å². The normalized spacial score (nSPS) is 15.9. The van der Waals surface area contributed by atoms with Crippen molar-refractivity contribution in [3.8, 4) is 0 Å². The van der Waals surface area contributed by atoms with Crippen LogP contribution in [-0.2, 0) is 11.2 Å². The molecule has 1 aliphatic carbocycles. The maximum atomic E-state index is 11.6. The molecule has 17 heavy (non-hydrogen) atoms. The second-order valence-corrected chi connectivity index (χ2v) is 5.58. The minimum absolute atomic E-state index is 0.0411. The van der Waals surface area contributed by atoms with Crippen LogP contribution in [0.25, 0.3) is 0 Å². The molecule has 1 aromatic heterocycles. The second-order valence-electron chi connectivity index (χ2n) is 5.58. The fourth-order valence-electron chi connectivity index (χ4n) is 1.43. The molecule has 0 unspecified atom stereocenters. The topological polar surface area (TPSA) is 68.0 Å². The molecule has 1 fully saturated rings. The summed E-state index contributed by atoms with van der Waals surface area (Å²) in [6, 6.07) is 0. The van der Waals surface area contributed by atoms with Gasteiger partial charge in [-0.25, -0.2) is 0 Å². The molecule has 0 atom stereocenters. The monoisotopic (exact) mass is 237 g/mol. The number of rotatable bonds is 4. The zero-order valence-electron chi connectivity index (χ0n) is 10.6. The largest absolute Gasteiger partial charge is 0.355 e. The standard InChI is InChI=1S/C12H19N3O2/c1-12(2,3)11(16)13-7-6-9-14-10(15-17-9)8-4-5-8/h8H,4-7H2,1-3H3,(H,13,16). The molecule has 5 nitrogen and oxygen atoms in total. The van der Waals surface area contributed by atoms with Crippen molar-refractivity contribution in [3.63, 3.8) is 0 Å². The average molecular weight is 237 g/mol. The predicted octanol–water partition coefficient (Wildman–Crippen LogP) is 1.65. The van der Waals surface area contributed by atoms with Crippen LogP contribution in [-0.4, -0.2) is 22.6 Å². The van der Waals surface area contributed by atoms with Gasteiger partial charge in [0.05, 0.1) is 0 Å². The first-order valence-electron chi connectivity index (χ1n) is 6.07. The van der Waals surface area contributed by atoms with Crippen LogP contribution < -0.4 is 5.32 Å². The first kappa shape index (κ1) is 12.1. The summed E-state index contributed by atoms with van der Waals surface area (Å²) in [5, 5.41) is 6.78. The quantitative estimate of drug-likeness (QED) is 0.864. The van der Waals surface area contributed by atoms with Crippen molar-refractivity contribution in [2.24, 2.45) is 5.41 Å². The molecule has 1 aliphatic rings. The average Bonchev–Trinajstić information content (AvgIpc) is 2.98. The Bertz CT molecular complexity index is 402. The molecule has 5 heteroatoms. The summed E-state index contributed by atoms with van der Waals surface area (Å²) in [6.07, 6.45) is 2.93. The molecule has 0 aromatic carbocycles. The van der Waals surface area contributed by atoms with Gasteiger partial charge in [0.1, 0.15) is 0 Å². The van der Waals surface area contributed by atoms with Crippen molar-refractivity contribution in [2.75, 3.05) is 6.54 Å². The first-order valence-corrected chi connectivity index (χ1v) is 6.07. The third-order valence-corrected chi connectivity index (χ3v) is 2.73. The van der Waals surface area contributed by atoms with Crippen LogP contribution in [0.15, 0.2) is 4.52 Å². The van der Waals surface area contributed by atoms with Gasteiger partial charge in [-0.3, -0.25) is 4.79 Å². The van der Waals surface area contributed by atoms with Gasteiger partial charge in [-0.1, -0.05) is 25.9 Å². The summed E-state index contributed by atoms with van der Waals surface area (Å²) in [5.41, 5.74) is -0.353. The highest BCUT2D eigenvalue weighted by Gasteiger charge is 2.28. The van der Waals surface area contributed by atoms with Gasteiger partial charge in [0.2, 0.25) is 11.8 Å². The highest BCUT2D eigenvalue weighted by atomic mass is 16.5. The van der Waals surface area contributed by atoms with Gasteiger partial charge in [0, 0.05) is 24.3 Å². The summed E-state index contributed by atoms with van der Waals surface area (Å²) < 4.78 is 5.12. The zero-order chi connectivity index (χ0) is 12.5. The summed E-state index contributed by atoms with van der Waals surface area (Å²) in [4.78, 5) is 15.9. The summed E-state index contributed by atoms with van der Waals surface area (Å²) in [7, 11) is 0. The van der Waals surface area contributed by atoms with Gasteiger partial charge in [0.25, 0.3) is 0 Å². The van der Waals surface area contributed by atoms with Crippen molar-refractivity contribution >= 4 is 5.91 Å². The van der Waals surface area contributed by atoms with Crippen LogP contribution in [0, 0.1) is 5.41 Å². The lowest BCUT2D eigenvalue weighted by Gasteiger charge is -2.16. The molecule has 0 radical (unpaired) electrons. The van der Waals surface area contributed by atoms with E-state index in [-0.39, 0.29) is 11.3 Å². The zero-order valence-corrected chi connectivity index (χ0v) is 10.6. The van der Waals surface area contributed by atoms with Crippen molar-refractivity contribution < 1.29 is 9.32 Å². The van der Waals surface area contributed by atoms with E-state index in [0.29, 0.717) is 24.8 Å². The van der Waals surface area contributed by atoms with E-state index in [1.807, 2.05) is 20.8 Å². The Morgan fingerprint density at radius 1 is 1.47 bits per heavy atom. The smallest absolute Gasteiger partial charge is 0.228 e. The molecule has 0 spiro atoms. The van der Waals surface area contributed by atoms with Crippen LogP contribution in [0.1, 0.15) is 51.2 Å². The molecular formula is C12H19N3O2. The van der Waals surface area contributed by atoms with Crippen LogP contribution in [0.4, 0.5) is 0 Å². The van der Waals surface area contributed by atoms with Crippen LogP contribution >= 0.6 is 0 Å². The number of aromatic nitrogens is 2. The third-order valence-electron chi connectivity index (χ3n) is 2.73. The van der Waals surface area contributed by atoms with Gasteiger partial charge >= 0.3 is 0 Å². The second kappa shape index (κ2) is 4.47. The number of carbonyl (C=O) groups excluding carboxylic acids is 1. The third kappa shape index (κ3) is 3.28. The lowest BCUT2D eigenvalue weighted by molar-refractivity contribution is -0.128. The number of hydrogen-bond donors (Lipinski definition) is 1. The number of amides is 1. The number of carbonyl (C=O) groups is 1. The van der Waals surface area contributed by atoms with Gasteiger partial charge in [-0.2, -0.15) is 4.98 Å². The van der Waals surface area contributed by atoms with Gasteiger partial charge < -0.3 is 9.84 Å². The van der Waals surface area contributed by atoms with Gasteiger partial charge in [-0.15, -0.1) is 0 Å². The molecule has 94 valence electrons. The summed E-state index contributed by atoms with van der Waals surface area (Å²) in [5.74, 6) is 1.99. The first-order chi connectivity index (χ1) is 7.97. The molecule has 0 aliphatic heterocycles. The Hall–Kier alpha value is -1.39. The fraction of sp³-hybridized carbons (Fsp3) is 0.750. The molecule has 1 N–H and O–H groups in total. The molecule has 1 amide bonds. The molecule has 1 aromatic rings. The van der Waals surface area contributed by atoms with Crippen molar-refractivity contribution in [3.05, 3.63) is 11.7 Å². The van der Waals surface area contributed by atoms with Crippen LogP contribution in [0.5, 0.6) is 0 Å². The van der Waals surface area contributed by atoms with E-state index in [1.54, 1.807) is 0 Å². The van der Waals surface area contributed by atoms with E-state index < -0.39 is 0 Å². The fourth-order valence-corrected chi connectivity index (χ4v) is 1.43. The Balaban J connectivity index is 1.76. The van der Waals surface area contributed by atoms with Crippen molar-refractivity contribution in [1.29, 1.82) is 0 Å². The minimum Gasteiger partial charge on any atom is -0.355 e. The molecule has 1 saturated carbocycles. The van der Waals surface area contributed by atoms with Crippen LogP contribution in [0.2, 0.25) is 0 Å².